The van der Waals surface area contributed by atoms with Crippen LogP contribution >= 0.6 is 0 Å². The summed E-state index contributed by atoms with van der Waals surface area (Å²) >= 11 is 0. The Morgan fingerprint density at radius 2 is 2.04 bits per heavy atom. The van der Waals surface area contributed by atoms with E-state index in [1.807, 2.05) is 54.1 Å². The number of aromatic nitrogens is 2. The molecule has 132 valence electrons. The number of amides is 1. The maximum absolute atomic E-state index is 12.4. The summed E-state index contributed by atoms with van der Waals surface area (Å²) in [5.41, 5.74) is 2.87. The average molecular weight is 349 g/mol. The average Bonchev–Trinajstić information content (AvgIpc) is 3.24. The second-order valence-corrected chi connectivity index (χ2v) is 6.22. The van der Waals surface area contributed by atoms with Gasteiger partial charge in [0.05, 0.1) is 17.6 Å². The zero-order chi connectivity index (χ0) is 18.1. The molecule has 4 rings (SSSR count). The first-order chi connectivity index (χ1) is 12.6. The Balaban J connectivity index is 1.46. The van der Waals surface area contributed by atoms with Crippen molar-refractivity contribution >= 4 is 23.0 Å². The monoisotopic (exact) mass is 349 g/mol. The topological polar surface area (TPSA) is 56.6 Å². The van der Waals surface area contributed by atoms with Gasteiger partial charge in [0, 0.05) is 20.2 Å². The smallest absolute Gasteiger partial charge is 0.246 e. The van der Waals surface area contributed by atoms with Crippen LogP contribution in [0.25, 0.3) is 17.1 Å². The van der Waals surface area contributed by atoms with Crippen LogP contribution in [0.5, 0.6) is 11.5 Å². The van der Waals surface area contributed by atoms with Crippen LogP contribution in [-0.4, -0.2) is 34.2 Å². The number of benzene rings is 2. The number of fused-ring (bicyclic) bond motifs is 2. The number of carbonyl (C=O) groups excluding carboxylic acids is 1. The van der Waals surface area contributed by atoms with Crippen molar-refractivity contribution < 1.29 is 14.3 Å². The van der Waals surface area contributed by atoms with Crippen molar-refractivity contribution in [1.29, 1.82) is 0 Å². The van der Waals surface area contributed by atoms with E-state index >= 15 is 0 Å². The predicted molar refractivity (Wildman–Crippen MR) is 98.8 cm³/mol. The van der Waals surface area contributed by atoms with Gasteiger partial charge in [0.15, 0.2) is 11.5 Å². The van der Waals surface area contributed by atoms with Gasteiger partial charge in [0.1, 0.15) is 5.82 Å². The molecule has 1 amide bonds. The number of aryl methyl sites for hydroxylation is 1. The Kier molecular flexibility index (Phi) is 4.08. The Morgan fingerprint density at radius 1 is 1.23 bits per heavy atom. The first-order valence-corrected chi connectivity index (χ1v) is 8.35. The third kappa shape index (κ3) is 3.01. The number of para-hydroxylation sites is 2. The van der Waals surface area contributed by atoms with Gasteiger partial charge in [-0.05, 0) is 35.9 Å². The molecule has 1 aromatic heterocycles. The molecule has 0 radical (unpaired) electrons. The molecule has 2 aromatic carbocycles. The van der Waals surface area contributed by atoms with Gasteiger partial charge >= 0.3 is 0 Å². The molecule has 0 bridgehead atoms. The molecular weight excluding hydrogens is 330 g/mol. The number of ether oxygens (including phenoxy) is 2. The highest BCUT2D eigenvalue weighted by Gasteiger charge is 2.14. The normalized spacial score (nSPS) is 12.8. The van der Waals surface area contributed by atoms with Crippen LogP contribution in [0.3, 0.4) is 0 Å². The van der Waals surface area contributed by atoms with Crippen molar-refractivity contribution in [2.75, 3.05) is 13.8 Å². The molecule has 26 heavy (non-hydrogen) atoms. The second kappa shape index (κ2) is 6.55. The number of carbonyl (C=O) groups is 1. The van der Waals surface area contributed by atoms with E-state index in [0.29, 0.717) is 12.3 Å². The molecule has 1 aliphatic rings. The van der Waals surface area contributed by atoms with Crippen molar-refractivity contribution in [2.24, 2.45) is 7.05 Å². The molecular formula is C20H19N3O3. The van der Waals surface area contributed by atoms with Crippen molar-refractivity contribution in [3.05, 3.63) is 59.9 Å². The largest absolute Gasteiger partial charge is 0.454 e. The van der Waals surface area contributed by atoms with Gasteiger partial charge in [-0.25, -0.2) is 4.98 Å². The zero-order valence-electron chi connectivity index (χ0n) is 14.7. The Morgan fingerprint density at radius 3 is 2.88 bits per heavy atom. The van der Waals surface area contributed by atoms with Crippen LogP contribution in [0.2, 0.25) is 0 Å². The first-order valence-electron chi connectivity index (χ1n) is 8.35. The van der Waals surface area contributed by atoms with Crippen molar-refractivity contribution in [2.45, 2.75) is 6.54 Å². The van der Waals surface area contributed by atoms with Crippen LogP contribution in [-0.2, 0) is 18.4 Å². The van der Waals surface area contributed by atoms with Gasteiger partial charge < -0.3 is 18.9 Å². The van der Waals surface area contributed by atoms with Gasteiger partial charge in [0.2, 0.25) is 12.7 Å². The molecule has 0 N–H and O–H groups in total. The standard InChI is InChI=1S/C20H19N3O3/c1-22(12-19-21-15-5-3-4-6-16(15)23(19)2)20(24)10-8-14-7-9-17-18(11-14)26-13-25-17/h3-11H,12-13H2,1-2H3/b10-8-. The molecule has 2 heterocycles. The fraction of sp³-hybridized carbons (Fsp3) is 0.200. The number of hydrogen-bond donors (Lipinski definition) is 0. The fourth-order valence-electron chi connectivity index (χ4n) is 2.94. The molecule has 6 heteroatoms. The quantitative estimate of drug-likeness (QED) is 0.680. The molecule has 1 aliphatic heterocycles. The molecule has 0 unspecified atom stereocenters. The van der Waals surface area contributed by atoms with Gasteiger partial charge in [-0.2, -0.15) is 0 Å². The molecule has 0 aliphatic carbocycles. The molecule has 6 nitrogen and oxygen atoms in total. The van der Waals surface area contributed by atoms with Crippen molar-refractivity contribution in [3.8, 4) is 11.5 Å². The molecule has 0 atom stereocenters. The van der Waals surface area contributed by atoms with Gasteiger partial charge in [-0.3, -0.25) is 4.79 Å². The molecule has 0 spiro atoms. The minimum atomic E-state index is -0.0882. The summed E-state index contributed by atoms with van der Waals surface area (Å²) in [4.78, 5) is 18.7. The maximum atomic E-state index is 12.4. The van der Waals surface area contributed by atoms with Gasteiger partial charge in [-0.1, -0.05) is 18.2 Å². The summed E-state index contributed by atoms with van der Waals surface area (Å²) in [7, 11) is 3.73. The minimum absolute atomic E-state index is 0.0882. The van der Waals surface area contributed by atoms with Crippen molar-refractivity contribution in [1.82, 2.24) is 14.5 Å². The van der Waals surface area contributed by atoms with Crippen molar-refractivity contribution in [3.63, 3.8) is 0 Å². The van der Waals surface area contributed by atoms with Crippen LogP contribution in [0, 0.1) is 0 Å². The molecule has 0 fully saturated rings. The lowest BCUT2D eigenvalue weighted by atomic mass is 10.2. The molecule has 0 saturated carbocycles. The Labute approximate surface area is 151 Å². The van der Waals surface area contributed by atoms with E-state index in [0.717, 1.165) is 28.2 Å². The Hall–Kier alpha value is -3.28. The lowest BCUT2D eigenvalue weighted by molar-refractivity contribution is -0.125. The maximum Gasteiger partial charge on any atom is 0.246 e. The third-order valence-electron chi connectivity index (χ3n) is 4.45. The van der Waals surface area contributed by atoms with E-state index < -0.39 is 0 Å². The summed E-state index contributed by atoms with van der Waals surface area (Å²) in [6, 6.07) is 13.5. The predicted octanol–water partition coefficient (Wildman–Crippen LogP) is 2.97. The molecule has 3 aromatic rings. The van der Waals surface area contributed by atoms with Crippen LogP contribution in [0.15, 0.2) is 48.5 Å². The summed E-state index contributed by atoms with van der Waals surface area (Å²) in [5.74, 6) is 2.19. The highest BCUT2D eigenvalue weighted by Crippen LogP contribution is 2.32. The number of imidazole rings is 1. The fourth-order valence-corrected chi connectivity index (χ4v) is 2.94. The highest BCUT2D eigenvalue weighted by atomic mass is 16.7. The van der Waals surface area contributed by atoms with E-state index in [-0.39, 0.29) is 12.7 Å². The lowest BCUT2D eigenvalue weighted by Gasteiger charge is -2.14. The lowest BCUT2D eigenvalue weighted by Crippen LogP contribution is -2.25. The van der Waals surface area contributed by atoms with Crippen LogP contribution in [0.1, 0.15) is 11.4 Å². The van der Waals surface area contributed by atoms with E-state index in [2.05, 4.69) is 4.98 Å². The van der Waals surface area contributed by atoms with E-state index in [9.17, 15) is 4.79 Å². The summed E-state index contributed by atoms with van der Waals surface area (Å²) in [6.45, 7) is 0.678. The molecule has 0 saturated heterocycles. The number of rotatable bonds is 4. The number of nitrogens with zero attached hydrogens (tertiary/aromatic N) is 3. The first kappa shape index (κ1) is 16.2. The number of likely N-dealkylation sites (N-methyl/N-ethyl adjacent to an activating group) is 1. The minimum Gasteiger partial charge on any atom is -0.454 e. The summed E-state index contributed by atoms with van der Waals surface area (Å²) < 4.78 is 12.7. The van der Waals surface area contributed by atoms with E-state index in [1.54, 1.807) is 24.1 Å². The summed E-state index contributed by atoms with van der Waals surface area (Å²) in [6.07, 6.45) is 3.33. The van der Waals surface area contributed by atoms with Gasteiger partial charge in [0.25, 0.3) is 0 Å². The van der Waals surface area contributed by atoms with Crippen LogP contribution in [0.4, 0.5) is 0 Å². The van der Waals surface area contributed by atoms with Gasteiger partial charge in [-0.15, -0.1) is 0 Å². The van der Waals surface area contributed by atoms with E-state index in [1.165, 1.54) is 0 Å². The zero-order valence-corrected chi connectivity index (χ0v) is 14.7. The summed E-state index contributed by atoms with van der Waals surface area (Å²) in [5, 5.41) is 0. The Bertz CT molecular complexity index is 1010. The third-order valence-corrected chi connectivity index (χ3v) is 4.45. The highest BCUT2D eigenvalue weighted by molar-refractivity contribution is 5.91. The van der Waals surface area contributed by atoms with E-state index in [4.69, 9.17) is 9.47 Å². The number of hydrogen-bond acceptors (Lipinski definition) is 4. The second-order valence-electron chi connectivity index (χ2n) is 6.22. The van der Waals surface area contributed by atoms with Crippen LogP contribution < -0.4 is 9.47 Å². The SMILES string of the molecule is CN(Cc1nc2ccccc2n1C)C(=O)/C=C\c1ccc2c(c1)OCO2.